The van der Waals surface area contributed by atoms with Crippen LogP contribution in [-0.4, -0.2) is 24.6 Å². The van der Waals surface area contributed by atoms with Crippen LogP contribution >= 0.6 is 11.3 Å². The smallest absolute Gasteiger partial charge is 0.264 e. The van der Waals surface area contributed by atoms with E-state index in [0.29, 0.717) is 12.8 Å². The van der Waals surface area contributed by atoms with E-state index in [1.54, 1.807) is 11.3 Å². The second-order valence-corrected chi connectivity index (χ2v) is 7.62. The van der Waals surface area contributed by atoms with Crippen molar-refractivity contribution in [2.24, 2.45) is 0 Å². The van der Waals surface area contributed by atoms with Crippen molar-refractivity contribution in [3.63, 3.8) is 0 Å². The Morgan fingerprint density at radius 3 is 2.54 bits per heavy atom. The number of ether oxygens (including phenoxy) is 1. The molecule has 0 bridgehead atoms. The van der Waals surface area contributed by atoms with E-state index < -0.39 is 5.60 Å². The van der Waals surface area contributed by atoms with Crippen molar-refractivity contribution >= 4 is 17.2 Å². The summed E-state index contributed by atoms with van der Waals surface area (Å²) < 4.78 is 6.20. The van der Waals surface area contributed by atoms with Gasteiger partial charge in [0.15, 0.2) is 5.60 Å². The molecule has 2 aromatic rings. The molecule has 0 saturated carbocycles. The Morgan fingerprint density at radius 2 is 1.92 bits per heavy atom. The van der Waals surface area contributed by atoms with Gasteiger partial charge in [0.05, 0.1) is 6.04 Å². The molecule has 1 saturated heterocycles. The highest BCUT2D eigenvalue weighted by molar-refractivity contribution is 7.12. The fourth-order valence-corrected chi connectivity index (χ4v) is 3.89. The van der Waals surface area contributed by atoms with Crippen LogP contribution in [0, 0.1) is 6.92 Å². The fraction of sp³-hybridized carbons (Fsp3) is 0.421. The number of thiophene rings is 1. The van der Waals surface area contributed by atoms with Gasteiger partial charge in [-0.3, -0.25) is 4.79 Å². The van der Waals surface area contributed by atoms with Gasteiger partial charge in [-0.2, -0.15) is 0 Å². The van der Waals surface area contributed by atoms with Gasteiger partial charge in [-0.1, -0.05) is 18.2 Å². The summed E-state index contributed by atoms with van der Waals surface area (Å²) in [7, 11) is 0. The maximum atomic E-state index is 13.1. The molecule has 1 aromatic carbocycles. The van der Waals surface area contributed by atoms with Gasteiger partial charge in [0.25, 0.3) is 5.91 Å². The first kappa shape index (κ1) is 17.0. The molecule has 1 unspecified atom stereocenters. The third kappa shape index (κ3) is 3.79. The number of benzene rings is 1. The summed E-state index contributed by atoms with van der Waals surface area (Å²) in [5.41, 5.74) is -0.798. The molecule has 2 heterocycles. The molecule has 1 amide bonds. The molecular formula is C19H24N2O2S. The van der Waals surface area contributed by atoms with E-state index >= 15 is 0 Å². The Kier molecular flexibility index (Phi) is 5.21. The molecule has 128 valence electrons. The van der Waals surface area contributed by atoms with E-state index in [4.69, 9.17) is 4.74 Å². The van der Waals surface area contributed by atoms with Crippen molar-refractivity contribution in [3.8, 4) is 5.75 Å². The van der Waals surface area contributed by atoms with Crippen molar-refractivity contribution in [2.45, 2.75) is 38.3 Å². The van der Waals surface area contributed by atoms with Crippen LogP contribution in [0.5, 0.6) is 5.75 Å². The van der Waals surface area contributed by atoms with Crippen molar-refractivity contribution < 1.29 is 9.53 Å². The predicted molar refractivity (Wildman–Crippen MR) is 97.5 cm³/mol. The summed E-state index contributed by atoms with van der Waals surface area (Å²) in [6, 6.07) is 13.8. The first-order valence-electron chi connectivity index (χ1n) is 8.41. The lowest BCUT2D eigenvalue weighted by Gasteiger charge is -2.37. The van der Waals surface area contributed by atoms with E-state index in [0.717, 1.165) is 18.8 Å². The molecule has 1 aliphatic heterocycles. The SMILES string of the molecule is Cc1ccc(C(C)NC(=O)C2(Oc3ccccc3)CCNCC2)s1. The second-order valence-electron chi connectivity index (χ2n) is 6.30. The predicted octanol–water partition coefficient (Wildman–Crippen LogP) is 3.43. The molecule has 1 aromatic heterocycles. The van der Waals surface area contributed by atoms with Crippen molar-refractivity contribution in [3.05, 3.63) is 52.2 Å². The molecule has 5 heteroatoms. The molecule has 3 rings (SSSR count). The quantitative estimate of drug-likeness (QED) is 0.874. The van der Waals surface area contributed by atoms with Crippen LogP contribution < -0.4 is 15.4 Å². The monoisotopic (exact) mass is 344 g/mol. The minimum Gasteiger partial charge on any atom is -0.477 e. The average Bonchev–Trinajstić information content (AvgIpc) is 3.03. The lowest BCUT2D eigenvalue weighted by molar-refractivity contribution is -0.140. The number of para-hydroxylation sites is 1. The normalized spacial score (nSPS) is 17.9. The van der Waals surface area contributed by atoms with E-state index in [1.165, 1.54) is 9.75 Å². The number of amides is 1. The number of carbonyl (C=O) groups excluding carboxylic acids is 1. The van der Waals surface area contributed by atoms with Crippen molar-refractivity contribution in [1.82, 2.24) is 10.6 Å². The molecule has 1 aliphatic rings. The zero-order valence-corrected chi connectivity index (χ0v) is 15.0. The molecule has 2 N–H and O–H groups in total. The first-order chi connectivity index (χ1) is 11.6. The summed E-state index contributed by atoms with van der Waals surface area (Å²) in [6.07, 6.45) is 1.34. The van der Waals surface area contributed by atoms with Gasteiger partial charge in [0.1, 0.15) is 5.75 Å². The first-order valence-corrected chi connectivity index (χ1v) is 9.23. The maximum absolute atomic E-state index is 13.1. The highest BCUT2D eigenvalue weighted by Gasteiger charge is 2.42. The molecule has 1 atom stereocenters. The maximum Gasteiger partial charge on any atom is 0.264 e. The van der Waals surface area contributed by atoms with Crippen LogP contribution in [0.3, 0.4) is 0 Å². The minimum absolute atomic E-state index is 0.0117. The molecular weight excluding hydrogens is 320 g/mol. The summed E-state index contributed by atoms with van der Waals surface area (Å²) in [5, 5.41) is 6.47. The molecule has 0 aliphatic carbocycles. The summed E-state index contributed by atoms with van der Waals surface area (Å²) in [4.78, 5) is 15.5. The van der Waals surface area contributed by atoms with Crippen LogP contribution in [0.4, 0.5) is 0 Å². The van der Waals surface area contributed by atoms with Gasteiger partial charge < -0.3 is 15.4 Å². The number of carbonyl (C=O) groups is 1. The molecule has 1 fully saturated rings. The number of hydrogen-bond acceptors (Lipinski definition) is 4. The van der Waals surface area contributed by atoms with Gasteiger partial charge >= 0.3 is 0 Å². The van der Waals surface area contributed by atoms with Crippen LogP contribution in [-0.2, 0) is 4.79 Å². The highest BCUT2D eigenvalue weighted by atomic mass is 32.1. The highest BCUT2D eigenvalue weighted by Crippen LogP contribution is 2.29. The molecule has 4 nitrogen and oxygen atoms in total. The third-order valence-corrected chi connectivity index (χ3v) is 5.60. The lowest BCUT2D eigenvalue weighted by Crippen LogP contribution is -2.56. The average molecular weight is 344 g/mol. The Labute approximate surface area is 147 Å². The Morgan fingerprint density at radius 1 is 1.21 bits per heavy atom. The Bertz CT molecular complexity index is 678. The van der Waals surface area contributed by atoms with E-state index in [-0.39, 0.29) is 11.9 Å². The fourth-order valence-electron chi connectivity index (χ4n) is 3.01. The number of nitrogens with one attached hydrogen (secondary N) is 2. The van der Waals surface area contributed by atoms with E-state index in [9.17, 15) is 4.79 Å². The second kappa shape index (κ2) is 7.36. The van der Waals surface area contributed by atoms with Gasteiger partial charge in [0.2, 0.25) is 0 Å². The lowest BCUT2D eigenvalue weighted by atomic mass is 9.90. The van der Waals surface area contributed by atoms with Gasteiger partial charge in [0, 0.05) is 22.6 Å². The summed E-state index contributed by atoms with van der Waals surface area (Å²) >= 11 is 1.72. The zero-order valence-electron chi connectivity index (χ0n) is 14.2. The van der Waals surface area contributed by atoms with Crippen LogP contribution in [0.1, 0.15) is 35.6 Å². The molecule has 0 spiro atoms. The van der Waals surface area contributed by atoms with Crippen LogP contribution in [0.2, 0.25) is 0 Å². The largest absolute Gasteiger partial charge is 0.477 e. The third-order valence-electron chi connectivity index (χ3n) is 4.42. The molecule has 24 heavy (non-hydrogen) atoms. The standard InChI is InChI=1S/C19H24N2O2S/c1-14-8-9-17(24-14)15(2)21-18(22)19(10-12-20-13-11-19)23-16-6-4-3-5-7-16/h3-9,15,20H,10-13H2,1-2H3,(H,21,22). The van der Waals surface area contributed by atoms with E-state index in [1.807, 2.05) is 37.3 Å². The van der Waals surface area contributed by atoms with Crippen molar-refractivity contribution in [1.29, 1.82) is 0 Å². The number of aryl methyl sites for hydroxylation is 1. The van der Waals surface area contributed by atoms with Crippen LogP contribution in [0.15, 0.2) is 42.5 Å². The minimum atomic E-state index is -0.798. The topological polar surface area (TPSA) is 50.4 Å². The number of piperidine rings is 1. The van der Waals surface area contributed by atoms with E-state index in [2.05, 4.69) is 29.7 Å². The van der Waals surface area contributed by atoms with Gasteiger partial charge in [-0.05, 0) is 51.2 Å². The Hall–Kier alpha value is -1.85. The van der Waals surface area contributed by atoms with Crippen molar-refractivity contribution in [2.75, 3.05) is 13.1 Å². The Balaban J connectivity index is 1.76. The van der Waals surface area contributed by atoms with Gasteiger partial charge in [-0.15, -0.1) is 11.3 Å². The number of hydrogen-bond donors (Lipinski definition) is 2. The summed E-state index contributed by atoms with van der Waals surface area (Å²) in [5.74, 6) is 0.723. The van der Waals surface area contributed by atoms with Gasteiger partial charge in [-0.25, -0.2) is 0 Å². The van der Waals surface area contributed by atoms with Crippen LogP contribution in [0.25, 0.3) is 0 Å². The number of rotatable bonds is 5. The molecule has 0 radical (unpaired) electrons. The summed E-state index contributed by atoms with van der Waals surface area (Å²) in [6.45, 7) is 5.68. The zero-order chi connectivity index (χ0) is 17.0.